The van der Waals surface area contributed by atoms with Gasteiger partial charge in [-0.25, -0.2) is 0 Å². The third kappa shape index (κ3) is 3.59. The minimum atomic E-state index is 0.415. The predicted molar refractivity (Wildman–Crippen MR) is 80.3 cm³/mol. The highest BCUT2D eigenvalue weighted by molar-refractivity contribution is 5.27. The molecule has 0 aromatic carbocycles. The number of nitrogens with one attached hydrogen (secondary N) is 1. The fraction of sp³-hybridized carbons (Fsp3) is 0.812. The molecule has 1 aliphatic carbocycles. The van der Waals surface area contributed by atoms with Gasteiger partial charge in [0.15, 0.2) is 0 Å². The molecule has 1 aromatic rings. The van der Waals surface area contributed by atoms with Crippen molar-refractivity contribution in [1.82, 2.24) is 15.1 Å². The van der Waals surface area contributed by atoms with E-state index in [1.807, 2.05) is 11.7 Å². The minimum Gasteiger partial charge on any atom is -0.307 e. The second-order valence-electron chi connectivity index (χ2n) is 6.14. The van der Waals surface area contributed by atoms with Gasteiger partial charge in [0.2, 0.25) is 0 Å². The third-order valence-electron chi connectivity index (χ3n) is 4.59. The Kier molecular flexibility index (Phi) is 5.03. The van der Waals surface area contributed by atoms with E-state index in [0.29, 0.717) is 12.1 Å². The van der Waals surface area contributed by atoms with Crippen LogP contribution in [-0.2, 0) is 7.05 Å². The summed E-state index contributed by atoms with van der Waals surface area (Å²) in [6.45, 7) is 6.58. The molecule has 3 nitrogen and oxygen atoms in total. The molecule has 0 spiro atoms. The number of aromatic nitrogens is 2. The molecule has 0 bridgehead atoms. The smallest absolute Gasteiger partial charge is 0.0644 e. The van der Waals surface area contributed by atoms with E-state index in [1.54, 1.807) is 0 Å². The van der Waals surface area contributed by atoms with Crippen molar-refractivity contribution in [2.24, 2.45) is 7.05 Å². The lowest BCUT2D eigenvalue weighted by molar-refractivity contribution is 0.362. The predicted octanol–water partition coefficient (Wildman–Crippen LogP) is 3.80. The molecule has 1 unspecified atom stereocenters. The molecular formula is C16H29N3. The van der Waals surface area contributed by atoms with E-state index in [-0.39, 0.29) is 0 Å². The summed E-state index contributed by atoms with van der Waals surface area (Å²) in [5, 5.41) is 8.38. The van der Waals surface area contributed by atoms with Crippen LogP contribution in [0.15, 0.2) is 0 Å². The average molecular weight is 263 g/mol. The van der Waals surface area contributed by atoms with Crippen LogP contribution in [-0.4, -0.2) is 15.8 Å². The average Bonchev–Trinajstić information content (AvgIpc) is 2.56. The van der Waals surface area contributed by atoms with E-state index >= 15 is 0 Å². The number of rotatable bonds is 3. The first-order valence-electron chi connectivity index (χ1n) is 7.85. The van der Waals surface area contributed by atoms with Crippen molar-refractivity contribution in [3.05, 3.63) is 17.0 Å². The van der Waals surface area contributed by atoms with Crippen LogP contribution in [0.1, 0.15) is 74.9 Å². The maximum Gasteiger partial charge on any atom is 0.0644 e. The zero-order valence-electron chi connectivity index (χ0n) is 13.0. The lowest BCUT2D eigenvalue weighted by Gasteiger charge is -2.25. The van der Waals surface area contributed by atoms with Crippen molar-refractivity contribution in [2.45, 2.75) is 77.8 Å². The van der Waals surface area contributed by atoms with Crippen LogP contribution < -0.4 is 5.32 Å². The molecule has 0 amide bonds. The molecule has 1 saturated carbocycles. The quantitative estimate of drug-likeness (QED) is 0.899. The number of hydrogen-bond donors (Lipinski definition) is 1. The van der Waals surface area contributed by atoms with E-state index in [9.17, 15) is 0 Å². The Balaban J connectivity index is 2.00. The van der Waals surface area contributed by atoms with Gasteiger partial charge in [-0.1, -0.05) is 32.1 Å². The van der Waals surface area contributed by atoms with Gasteiger partial charge in [0, 0.05) is 30.4 Å². The van der Waals surface area contributed by atoms with Crippen LogP contribution in [0.3, 0.4) is 0 Å². The summed E-state index contributed by atoms with van der Waals surface area (Å²) in [6, 6.07) is 1.10. The van der Waals surface area contributed by atoms with E-state index < -0.39 is 0 Å². The van der Waals surface area contributed by atoms with Crippen LogP contribution in [0, 0.1) is 13.8 Å². The first kappa shape index (κ1) is 14.6. The standard InChI is InChI=1S/C16H29N3/c1-12(16-13(2)18-19(4)14(16)3)17-15-10-8-6-5-7-9-11-15/h12,15,17H,5-11H2,1-4H3. The highest BCUT2D eigenvalue weighted by Gasteiger charge is 2.19. The molecule has 1 atom stereocenters. The lowest BCUT2D eigenvalue weighted by Crippen LogP contribution is -2.32. The largest absolute Gasteiger partial charge is 0.307 e. The molecule has 1 heterocycles. The second-order valence-corrected chi connectivity index (χ2v) is 6.14. The van der Waals surface area contributed by atoms with Crippen LogP contribution in [0.2, 0.25) is 0 Å². The zero-order chi connectivity index (χ0) is 13.8. The van der Waals surface area contributed by atoms with E-state index in [2.05, 4.69) is 31.2 Å². The highest BCUT2D eigenvalue weighted by atomic mass is 15.3. The Labute approximate surface area is 117 Å². The van der Waals surface area contributed by atoms with E-state index in [1.165, 1.54) is 61.9 Å². The number of nitrogens with zero attached hydrogens (tertiary/aromatic N) is 2. The number of aryl methyl sites for hydroxylation is 2. The summed E-state index contributed by atoms with van der Waals surface area (Å²) < 4.78 is 2.00. The van der Waals surface area contributed by atoms with Crippen LogP contribution in [0.5, 0.6) is 0 Å². The Morgan fingerprint density at radius 3 is 2.21 bits per heavy atom. The SMILES string of the molecule is Cc1nn(C)c(C)c1C(C)NC1CCCCCCC1. The topological polar surface area (TPSA) is 29.9 Å². The Morgan fingerprint density at radius 1 is 1.11 bits per heavy atom. The van der Waals surface area contributed by atoms with Crippen molar-refractivity contribution >= 4 is 0 Å². The van der Waals surface area contributed by atoms with Crippen LogP contribution in [0.25, 0.3) is 0 Å². The molecule has 1 N–H and O–H groups in total. The van der Waals surface area contributed by atoms with Crippen LogP contribution in [0.4, 0.5) is 0 Å². The maximum absolute atomic E-state index is 4.53. The summed E-state index contributed by atoms with van der Waals surface area (Å²) in [6.07, 6.45) is 9.70. The summed E-state index contributed by atoms with van der Waals surface area (Å²) >= 11 is 0. The van der Waals surface area contributed by atoms with Gasteiger partial charge in [-0.15, -0.1) is 0 Å². The summed E-state index contributed by atoms with van der Waals surface area (Å²) in [5.74, 6) is 0. The molecule has 1 aliphatic rings. The monoisotopic (exact) mass is 263 g/mol. The van der Waals surface area contributed by atoms with Gasteiger partial charge in [-0.05, 0) is 33.6 Å². The van der Waals surface area contributed by atoms with Gasteiger partial charge in [0.05, 0.1) is 5.69 Å². The molecule has 3 heteroatoms. The van der Waals surface area contributed by atoms with Gasteiger partial charge >= 0.3 is 0 Å². The molecular weight excluding hydrogens is 234 g/mol. The van der Waals surface area contributed by atoms with Crippen molar-refractivity contribution in [3.63, 3.8) is 0 Å². The zero-order valence-corrected chi connectivity index (χ0v) is 13.0. The van der Waals surface area contributed by atoms with Gasteiger partial charge in [0.25, 0.3) is 0 Å². The minimum absolute atomic E-state index is 0.415. The van der Waals surface area contributed by atoms with Gasteiger partial charge in [0.1, 0.15) is 0 Å². The van der Waals surface area contributed by atoms with Gasteiger partial charge in [-0.2, -0.15) is 5.10 Å². The van der Waals surface area contributed by atoms with E-state index in [0.717, 1.165) is 0 Å². The molecule has 108 valence electrons. The lowest BCUT2D eigenvalue weighted by atomic mass is 9.95. The van der Waals surface area contributed by atoms with Crippen molar-refractivity contribution in [3.8, 4) is 0 Å². The fourth-order valence-corrected chi connectivity index (χ4v) is 3.48. The fourth-order valence-electron chi connectivity index (χ4n) is 3.48. The Hall–Kier alpha value is -0.830. The summed E-state index contributed by atoms with van der Waals surface area (Å²) in [4.78, 5) is 0. The summed E-state index contributed by atoms with van der Waals surface area (Å²) in [5.41, 5.74) is 3.86. The molecule has 0 radical (unpaired) electrons. The summed E-state index contributed by atoms with van der Waals surface area (Å²) in [7, 11) is 2.04. The van der Waals surface area contributed by atoms with Gasteiger partial charge < -0.3 is 5.32 Å². The molecule has 1 fully saturated rings. The maximum atomic E-state index is 4.53. The molecule has 0 saturated heterocycles. The first-order chi connectivity index (χ1) is 9.09. The highest BCUT2D eigenvalue weighted by Crippen LogP contribution is 2.24. The van der Waals surface area contributed by atoms with Gasteiger partial charge in [-0.3, -0.25) is 4.68 Å². The first-order valence-corrected chi connectivity index (χ1v) is 7.85. The Bertz CT molecular complexity index is 400. The van der Waals surface area contributed by atoms with E-state index in [4.69, 9.17) is 0 Å². The molecule has 19 heavy (non-hydrogen) atoms. The van der Waals surface area contributed by atoms with Crippen molar-refractivity contribution in [1.29, 1.82) is 0 Å². The normalized spacial score (nSPS) is 20.0. The third-order valence-corrected chi connectivity index (χ3v) is 4.59. The molecule has 0 aliphatic heterocycles. The van der Waals surface area contributed by atoms with Crippen LogP contribution >= 0.6 is 0 Å². The second kappa shape index (κ2) is 6.56. The molecule has 1 aromatic heterocycles. The Morgan fingerprint density at radius 2 is 1.68 bits per heavy atom. The van der Waals surface area contributed by atoms with Crippen molar-refractivity contribution in [2.75, 3.05) is 0 Å². The van der Waals surface area contributed by atoms with Crippen molar-refractivity contribution < 1.29 is 0 Å². The molecule has 2 rings (SSSR count). The number of hydrogen-bond acceptors (Lipinski definition) is 2.